The first-order chi connectivity index (χ1) is 14.3. The Morgan fingerprint density at radius 3 is 2.33 bits per heavy atom. The van der Waals surface area contributed by atoms with E-state index in [9.17, 15) is 14.4 Å². The van der Waals surface area contributed by atoms with Gasteiger partial charge in [-0.25, -0.2) is 9.48 Å². The van der Waals surface area contributed by atoms with E-state index in [0.29, 0.717) is 11.4 Å². The van der Waals surface area contributed by atoms with Crippen molar-refractivity contribution in [3.63, 3.8) is 0 Å². The lowest BCUT2D eigenvalue weighted by molar-refractivity contribution is -0.122. The Balaban J connectivity index is 1.84. The molecule has 0 radical (unpaired) electrons. The minimum absolute atomic E-state index is 0.169. The minimum atomic E-state index is -0.958. The van der Waals surface area contributed by atoms with Crippen molar-refractivity contribution in [3.8, 4) is 11.4 Å². The molecule has 0 fully saturated rings. The van der Waals surface area contributed by atoms with Crippen molar-refractivity contribution >= 4 is 17.6 Å². The lowest BCUT2D eigenvalue weighted by Crippen LogP contribution is -2.32. The first kappa shape index (κ1) is 20.9. The normalized spacial score (nSPS) is 11.6. The van der Waals surface area contributed by atoms with E-state index in [1.54, 1.807) is 42.9 Å². The van der Waals surface area contributed by atoms with Gasteiger partial charge in [0.1, 0.15) is 17.0 Å². The highest BCUT2D eigenvalue weighted by Crippen LogP contribution is 2.21. The summed E-state index contributed by atoms with van der Waals surface area (Å²) in [7, 11) is 3.01. The highest BCUT2D eigenvalue weighted by Gasteiger charge is 2.23. The van der Waals surface area contributed by atoms with Crippen LogP contribution in [0.1, 0.15) is 23.0 Å². The smallest absolute Gasteiger partial charge is 0.341 e. The van der Waals surface area contributed by atoms with Crippen LogP contribution in [0.25, 0.3) is 5.69 Å². The zero-order valence-electron chi connectivity index (χ0n) is 17.2. The summed E-state index contributed by atoms with van der Waals surface area (Å²) in [5.41, 5.74) is 1.31. The van der Waals surface area contributed by atoms with Crippen LogP contribution in [-0.4, -0.2) is 34.5 Å². The molecule has 3 rings (SSSR count). The molecule has 0 bridgehead atoms. The third-order valence-electron chi connectivity index (χ3n) is 4.77. The Kier molecular flexibility index (Phi) is 6.06. The fraction of sp³-hybridized carbons (Fsp3) is 0.227. The molecule has 156 valence electrons. The molecule has 1 unspecified atom stereocenters. The zero-order chi connectivity index (χ0) is 21.8. The predicted molar refractivity (Wildman–Crippen MR) is 112 cm³/mol. The summed E-state index contributed by atoms with van der Waals surface area (Å²) in [6.45, 7) is 3.28. The van der Waals surface area contributed by atoms with Gasteiger partial charge < -0.3 is 14.8 Å². The molecule has 0 aliphatic rings. The Morgan fingerprint density at radius 2 is 1.67 bits per heavy atom. The number of nitrogens with one attached hydrogen (secondary N) is 1. The molecule has 0 saturated carbocycles. The lowest BCUT2D eigenvalue weighted by Gasteiger charge is -2.16. The van der Waals surface area contributed by atoms with Gasteiger partial charge in [0.05, 0.1) is 18.5 Å². The van der Waals surface area contributed by atoms with Gasteiger partial charge in [-0.15, -0.1) is 0 Å². The Morgan fingerprint density at radius 1 is 1.03 bits per heavy atom. The summed E-state index contributed by atoms with van der Waals surface area (Å²) in [6, 6.07) is 15.6. The number of carbonyl (C=O) groups excluding carboxylic acids is 2. The van der Waals surface area contributed by atoms with Crippen LogP contribution in [0.2, 0.25) is 0 Å². The van der Waals surface area contributed by atoms with Crippen molar-refractivity contribution in [3.05, 3.63) is 76.2 Å². The third kappa shape index (κ3) is 3.98. The molecule has 8 nitrogen and oxygen atoms in total. The molecule has 30 heavy (non-hydrogen) atoms. The zero-order valence-corrected chi connectivity index (χ0v) is 17.2. The second kappa shape index (κ2) is 8.69. The average Bonchev–Trinajstić information content (AvgIpc) is 2.97. The van der Waals surface area contributed by atoms with E-state index in [4.69, 9.17) is 9.47 Å². The summed E-state index contributed by atoms with van der Waals surface area (Å²) in [5, 5.41) is 2.66. The monoisotopic (exact) mass is 409 g/mol. The molecule has 1 N–H and O–H groups in total. The van der Waals surface area contributed by atoms with Crippen molar-refractivity contribution in [1.29, 1.82) is 0 Å². The molecule has 0 aliphatic heterocycles. The number of hydrogen-bond donors (Lipinski definition) is 1. The first-order valence-corrected chi connectivity index (χ1v) is 9.34. The van der Waals surface area contributed by atoms with Crippen molar-refractivity contribution in [2.24, 2.45) is 7.05 Å². The fourth-order valence-corrected chi connectivity index (χ4v) is 3.03. The van der Waals surface area contributed by atoms with Crippen molar-refractivity contribution in [2.45, 2.75) is 20.0 Å². The maximum Gasteiger partial charge on any atom is 0.341 e. The van der Waals surface area contributed by atoms with Gasteiger partial charge in [-0.05, 0) is 38.1 Å². The van der Waals surface area contributed by atoms with Crippen LogP contribution in [0.5, 0.6) is 5.75 Å². The Bertz CT molecular complexity index is 1130. The molecular weight excluding hydrogens is 386 g/mol. The van der Waals surface area contributed by atoms with Gasteiger partial charge in [-0.1, -0.05) is 30.3 Å². The van der Waals surface area contributed by atoms with Crippen LogP contribution in [0.15, 0.2) is 59.4 Å². The summed E-state index contributed by atoms with van der Waals surface area (Å²) >= 11 is 0. The number of esters is 1. The van der Waals surface area contributed by atoms with Gasteiger partial charge in [0.15, 0.2) is 6.10 Å². The molecule has 8 heteroatoms. The Hall–Kier alpha value is -3.81. The lowest BCUT2D eigenvalue weighted by atomic mass is 10.2. The van der Waals surface area contributed by atoms with Gasteiger partial charge in [-0.2, -0.15) is 0 Å². The average molecular weight is 409 g/mol. The quantitative estimate of drug-likeness (QED) is 0.632. The largest absolute Gasteiger partial charge is 0.480 e. The molecule has 0 spiro atoms. The summed E-state index contributed by atoms with van der Waals surface area (Å²) in [5.74, 6) is -0.859. The summed E-state index contributed by atoms with van der Waals surface area (Å²) in [6.07, 6.45) is -0.958. The van der Waals surface area contributed by atoms with Crippen LogP contribution in [-0.2, 0) is 16.6 Å². The van der Waals surface area contributed by atoms with E-state index in [2.05, 4.69) is 5.32 Å². The number of hydrogen-bond acceptors (Lipinski definition) is 5. The fourth-order valence-electron chi connectivity index (χ4n) is 3.03. The van der Waals surface area contributed by atoms with Crippen LogP contribution in [0.4, 0.5) is 5.69 Å². The topological polar surface area (TPSA) is 91.6 Å². The van der Waals surface area contributed by atoms with Gasteiger partial charge in [0, 0.05) is 7.05 Å². The third-order valence-corrected chi connectivity index (χ3v) is 4.77. The second-order valence-electron chi connectivity index (χ2n) is 6.67. The predicted octanol–water partition coefficient (Wildman–Crippen LogP) is 2.68. The number of benzene rings is 2. The number of amides is 1. The van der Waals surface area contributed by atoms with E-state index in [0.717, 1.165) is 0 Å². The molecule has 1 amide bonds. The van der Waals surface area contributed by atoms with Gasteiger partial charge in [0.25, 0.3) is 11.5 Å². The standard InChI is InChI=1S/C22H23N3O5/c1-14-19(21(27)25(24(14)3)16-10-6-5-7-11-16)23-20(26)15(2)30-18-13-9-8-12-17(18)22(28)29-4/h5-13,15H,1-4H3,(H,23,26). The van der Waals surface area contributed by atoms with E-state index >= 15 is 0 Å². The van der Waals surface area contributed by atoms with Crippen molar-refractivity contribution < 1.29 is 19.1 Å². The Labute approximate surface area is 173 Å². The van der Waals surface area contributed by atoms with Crippen LogP contribution in [0.3, 0.4) is 0 Å². The number of rotatable bonds is 6. The van der Waals surface area contributed by atoms with Crippen molar-refractivity contribution in [1.82, 2.24) is 9.36 Å². The number of carbonyl (C=O) groups is 2. The van der Waals surface area contributed by atoms with Crippen LogP contribution in [0, 0.1) is 6.92 Å². The number of methoxy groups -OCH3 is 1. The van der Waals surface area contributed by atoms with Crippen LogP contribution >= 0.6 is 0 Å². The highest BCUT2D eigenvalue weighted by atomic mass is 16.5. The van der Waals surface area contributed by atoms with E-state index in [-0.39, 0.29) is 22.6 Å². The molecule has 0 aliphatic carbocycles. The number of aromatic nitrogens is 2. The maximum atomic E-state index is 12.9. The molecular formula is C22H23N3O5. The number of ether oxygens (including phenoxy) is 2. The molecule has 2 aromatic carbocycles. The molecule has 1 aromatic heterocycles. The van der Waals surface area contributed by atoms with Gasteiger partial charge >= 0.3 is 5.97 Å². The van der Waals surface area contributed by atoms with Crippen molar-refractivity contribution in [2.75, 3.05) is 12.4 Å². The van der Waals surface area contributed by atoms with Gasteiger partial charge in [-0.3, -0.25) is 14.3 Å². The van der Waals surface area contributed by atoms with Crippen LogP contribution < -0.4 is 15.6 Å². The number of nitrogens with zero attached hydrogens (tertiary/aromatic N) is 2. The van der Waals surface area contributed by atoms with E-state index < -0.39 is 18.0 Å². The van der Waals surface area contributed by atoms with E-state index in [1.165, 1.54) is 18.7 Å². The maximum absolute atomic E-state index is 12.9. The minimum Gasteiger partial charge on any atom is -0.480 e. The van der Waals surface area contributed by atoms with Gasteiger partial charge in [0.2, 0.25) is 0 Å². The second-order valence-corrected chi connectivity index (χ2v) is 6.67. The molecule has 1 heterocycles. The first-order valence-electron chi connectivity index (χ1n) is 9.34. The SMILES string of the molecule is COC(=O)c1ccccc1OC(C)C(=O)Nc1c(C)n(C)n(-c2ccccc2)c1=O. The highest BCUT2D eigenvalue weighted by molar-refractivity contribution is 5.95. The molecule has 1 atom stereocenters. The molecule has 0 saturated heterocycles. The molecule has 3 aromatic rings. The summed E-state index contributed by atoms with van der Waals surface area (Å²) < 4.78 is 13.6. The van der Waals surface area contributed by atoms with E-state index in [1.807, 2.05) is 30.3 Å². The number of anilines is 1. The number of para-hydroxylation sites is 2. The summed E-state index contributed by atoms with van der Waals surface area (Å²) in [4.78, 5) is 37.5.